The summed E-state index contributed by atoms with van der Waals surface area (Å²) in [6.45, 7) is 3.53. The van der Waals surface area contributed by atoms with Crippen LogP contribution in [0.1, 0.15) is 21.7 Å². The molecule has 8 heteroatoms. The number of aromatic nitrogens is 3. The highest BCUT2D eigenvalue weighted by Crippen LogP contribution is 2.21. The first-order valence-electron chi connectivity index (χ1n) is 8.46. The van der Waals surface area contributed by atoms with Gasteiger partial charge in [-0.15, -0.1) is 5.10 Å². The fourth-order valence-corrected chi connectivity index (χ4v) is 3.08. The van der Waals surface area contributed by atoms with Gasteiger partial charge in [0.05, 0.1) is 11.4 Å². The number of amides is 1. The highest BCUT2D eigenvalue weighted by molar-refractivity contribution is 6.30. The van der Waals surface area contributed by atoms with Crippen LogP contribution in [-0.2, 0) is 0 Å². The maximum atomic E-state index is 12.7. The number of carbonyl (C=O) groups is 1. The molecular formula is C20H15ClN4O3. The van der Waals surface area contributed by atoms with Gasteiger partial charge in [-0.1, -0.05) is 17.7 Å². The predicted octanol–water partition coefficient (Wildman–Crippen LogP) is 3.90. The molecular weight excluding hydrogens is 380 g/mol. The summed E-state index contributed by atoms with van der Waals surface area (Å²) in [4.78, 5) is 25.6. The molecule has 2 heterocycles. The number of nitrogens with one attached hydrogen (secondary N) is 1. The summed E-state index contributed by atoms with van der Waals surface area (Å²) in [5.41, 5.74) is 2.58. The monoisotopic (exact) mass is 394 g/mol. The maximum absolute atomic E-state index is 12.7. The molecule has 2 aromatic heterocycles. The van der Waals surface area contributed by atoms with E-state index < -0.39 is 11.5 Å². The molecule has 0 saturated heterocycles. The Morgan fingerprint density at radius 2 is 1.93 bits per heavy atom. The van der Waals surface area contributed by atoms with Gasteiger partial charge in [0.2, 0.25) is 0 Å². The second-order valence-corrected chi connectivity index (χ2v) is 6.75. The lowest BCUT2D eigenvalue weighted by molar-refractivity contribution is 0.102. The van der Waals surface area contributed by atoms with Crippen LogP contribution < -0.4 is 10.9 Å². The van der Waals surface area contributed by atoms with Crippen molar-refractivity contribution in [2.24, 2.45) is 0 Å². The first-order chi connectivity index (χ1) is 13.4. The molecule has 28 heavy (non-hydrogen) atoms. The number of halogens is 1. The van der Waals surface area contributed by atoms with Crippen molar-refractivity contribution >= 4 is 34.2 Å². The third kappa shape index (κ3) is 3.39. The lowest BCUT2D eigenvalue weighted by Gasteiger charge is -2.06. The molecule has 0 bridgehead atoms. The average molecular weight is 395 g/mol. The second kappa shape index (κ2) is 6.94. The van der Waals surface area contributed by atoms with Gasteiger partial charge in [-0.2, -0.15) is 9.90 Å². The molecule has 0 aliphatic heterocycles. The fourth-order valence-electron chi connectivity index (χ4n) is 2.90. The van der Waals surface area contributed by atoms with Crippen LogP contribution in [0.3, 0.4) is 0 Å². The Bertz CT molecular complexity index is 1280. The molecule has 4 rings (SSSR count). The van der Waals surface area contributed by atoms with E-state index in [-0.39, 0.29) is 5.69 Å². The first-order valence-corrected chi connectivity index (χ1v) is 8.84. The van der Waals surface area contributed by atoms with Gasteiger partial charge >= 0.3 is 5.63 Å². The smallest absolute Gasteiger partial charge is 0.336 e. The molecule has 0 spiro atoms. The Labute approximate surface area is 164 Å². The van der Waals surface area contributed by atoms with Crippen molar-refractivity contribution in [1.82, 2.24) is 15.0 Å². The summed E-state index contributed by atoms with van der Waals surface area (Å²) in [6.07, 6.45) is 0. The van der Waals surface area contributed by atoms with E-state index in [2.05, 4.69) is 15.5 Å². The molecule has 1 N–H and O–H groups in total. The number of nitrogens with zero attached hydrogens (tertiary/aromatic N) is 3. The molecule has 0 saturated carbocycles. The number of benzene rings is 2. The highest BCUT2D eigenvalue weighted by atomic mass is 35.5. The molecule has 0 radical (unpaired) electrons. The summed E-state index contributed by atoms with van der Waals surface area (Å²) in [6, 6.07) is 13.6. The van der Waals surface area contributed by atoms with E-state index in [0.29, 0.717) is 27.7 Å². The van der Waals surface area contributed by atoms with Crippen LogP contribution in [0.2, 0.25) is 5.02 Å². The van der Waals surface area contributed by atoms with Crippen LogP contribution >= 0.6 is 11.6 Å². The van der Waals surface area contributed by atoms with Crippen molar-refractivity contribution in [3.63, 3.8) is 0 Å². The second-order valence-electron chi connectivity index (χ2n) is 6.32. The molecule has 0 unspecified atom stereocenters. The highest BCUT2D eigenvalue weighted by Gasteiger charge is 2.17. The van der Waals surface area contributed by atoms with Gasteiger partial charge in [0.15, 0.2) is 5.69 Å². The summed E-state index contributed by atoms with van der Waals surface area (Å²) in [7, 11) is 0. The number of anilines is 1. The first kappa shape index (κ1) is 17.9. The van der Waals surface area contributed by atoms with Gasteiger partial charge in [0.25, 0.3) is 5.91 Å². The molecule has 2 aromatic carbocycles. The normalized spacial score (nSPS) is 11.0. The molecule has 0 fully saturated rings. The standard InChI is InChI=1S/C20H15ClN4O3/c1-11-8-18(26)28-17-10-14(6-7-16(11)17)22-20(27)19-12(2)23-25(24-19)15-5-3-4-13(21)9-15/h3-10H,1-2H3,(H,22,27). The van der Waals surface area contributed by atoms with Crippen molar-refractivity contribution in [1.29, 1.82) is 0 Å². The SMILES string of the molecule is Cc1nn(-c2cccc(Cl)c2)nc1C(=O)Nc1ccc2c(C)cc(=O)oc2c1. The summed E-state index contributed by atoms with van der Waals surface area (Å²) in [5.74, 6) is -0.417. The zero-order valence-corrected chi connectivity index (χ0v) is 15.8. The topological polar surface area (TPSA) is 90.0 Å². The molecule has 4 aromatic rings. The lowest BCUT2D eigenvalue weighted by Crippen LogP contribution is -2.14. The van der Waals surface area contributed by atoms with Crippen LogP contribution in [0, 0.1) is 13.8 Å². The average Bonchev–Trinajstić information content (AvgIpc) is 3.03. The van der Waals surface area contributed by atoms with Gasteiger partial charge in [-0.05, 0) is 49.7 Å². The predicted molar refractivity (Wildman–Crippen MR) is 106 cm³/mol. The minimum absolute atomic E-state index is 0.186. The van der Waals surface area contributed by atoms with E-state index in [1.54, 1.807) is 49.4 Å². The molecule has 140 valence electrons. The van der Waals surface area contributed by atoms with Crippen LogP contribution in [0.4, 0.5) is 5.69 Å². The van der Waals surface area contributed by atoms with Gasteiger partial charge < -0.3 is 9.73 Å². The van der Waals surface area contributed by atoms with E-state index in [9.17, 15) is 9.59 Å². The van der Waals surface area contributed by atoms with Crippen molar-refractivity contribution in [2.75, 3.05) is 5.32 Å². The van der Waals surface area contributed by atoms with Gasteiger partial charge in [-0.25, -0.2) is 4.79 Å². The molecule has 0 aliphatic carbocycles. The van der Waals surface area contributed by atoms with E-state index in [1.807, 2.05) is 6.92 Å². The van der Waals surface area contributed by atoms with Crippen molar-refractivity contribution in [2.45, 2.75) is 13.8 Å². The number of carbonyl (C=O) groups excluding carboxylic acids is 1. The number of rotatable bonds is 3. The van der Waals surface area contributed by atoms with E-state index in [4.69, 9.17) is 16.0 Å². The summed E-state index contributed by atoms with van der Waals surface area (Å²) in [5, 5.41) is 12.7. The Hall–Kier alpha value is -3.45. The van der Waals surface area contributed by atoms with Crippen LogP contribution in [0.5, 0.6) is 0 Å². The Morgan fingerprint density at radius 1 is 1.11 bits per heavy atom. The van der Waals surface area contributed by atoms with Crippen molar-refractivity contribution < 1.29 is 9.21 Å². The van der Waals surface area contributed by atoms with Crippen molar-refractivity contribution in [3.05, 3.63) is 80.9 Å². The van der Waals surface area contributed by atoms with Crippen LogP contribution in [0.25, 0.3) is 16.7 Å². The van der Waals surface area contributed by atoms with E-state index >= 15 is 0 Å². The van der Waals surface area contributed by atoms with Gasteiger partial charge in [0, 0.05) is 28.2 Å². The summed E-state index contributed by atoms with van der Waals surface area (Å²) < 4.78 is 5.22. The molecule has 0 atom stereocenters. The minimum Gasteiger partial charge on any atom is -0.423 e. The Kier molecular flexibility index (Phi) is 4.44. The number of hydrogen-bond donors (Lipinski definition) is 1. The number of hydrogen-bond acceptors (Lipinski definition) is 5. The Morgan fingerprint density at radius 3 is 2.71 bits per heavy atom. The Balaban J connectivity index is 1.64. The van der Waals surface area contributed by atoms with Crippen LogP contribution in [-0.4, -0.2) is 20.9 Å². The molecule has 7 nitrogen and oxygen atoms in total. The van der Waals surface area contributed by atoms with Gasteiger partial charge in [0.1, 0.15) is 5.58 Å². The minimum atomic E-state index is -0.436. The largest absolute Gasteiger partial charge is 0.423 e. The molecule has 0 aliphatic rings. The zero-order valence-electron chi connectivity index (χ0n) is 15.1. The van der Waals surface area contributed by atoms with Gasteiger partial charge in [-0.3, -0.25) is 4.79 Å². The van der Waals surface area contributed by atoms with Crippen LogP contribution in [0.15, 0.2) is 57.7 Å². The van der Waals surface area contributed by atoms with E-state index in [0.717, 1.165) is 10.9 Å². The number of fused-ring (bicyclic) bond motifs is 1. The fraction of sp³-hybridized carbons (Fsp3) is 0.100. The lowest BCUT2D eigenvalue weighted by atomic mass is 10.1. The molecule has 1 amide bonds. The van der Waals surface area contributed by atoms with E-state index in [1.165, 1.54) is 10.9 Å². The van der Waals surface area contributed by atoms with Crippen molar-refractivity contribution in [3.8, 4) is 5.69 Å². The zero-order chi connectivity index (χ0) is 19.8. The third-order valence-corrected chi connectivity index (χ3v) is 4.48. The quantitative estimate of drug-likeness (QED) is 0.532. The number of aryl methyl sites for hydroxylation is 2. The maximum Gasteiger partial charge on any atom is 0.336 e. The third-order valence-electron chi connectivity index (χ3n) is 4.25. The summed E-state index contributed by atoms with van der Waals surface area (Å²) >= 11 is 6.00.